The fraction of sp³-hybridized carbons (Fsp3) is 0.400. The van der Waals surface area contributed by atoms with E-state index in [9.17, 15) is 4.79 Å². The van der Waals surface area contributed by atoms with Crippen LogP contribution < -0.4 is 11.1 Å². The summed E-state index contributed by atoms with van der Waals surface area (Å²) in [5.74, 6) is 2.99. The van der Waals surface area contributed by atoms with Gasteiger partial charge in [-0.05, 0) is 42.4 Å². The highest BCUT2D eigenvalue weighted by Crippen LogP contribution is 2.35. The number of carbonyl (C=O) groups is 1. The summed E-state index contributed by atoms with van der Waals surface area (Å²) in [6.45, 7) is 0.761. The lowest BCUT2D eigenvalue weighted by atomic mass is 10.0. The van der Waals surface area contributed by atoms with Crippen molar-refractivity contribution >= 4 is 60.7 Å². The number of rotatable bonds is 3. The molecule has 0 unspecified atom stereocenters. The SMILES string of the molecule is Nc1c(C(=O)NCC2CCSCC2)sc2cc(Br)ccc12. The van der Waals surface area contributed by atoms with E-state index in [4.69, 9.17) is 5.73 Å². The van der Waals surface area contributed by atoms with Crippen LogP contribution in [0.2, 0.25) is 0 Å². The van der Waals surface area contributed by atoms with E-state index < -0.39 is 0 Å². The maximum atomic E-state index is 12.4. The van der Waals surface area contributed by atoms with Crippen LogP contribution in [0.25, 0.3) is 10.1 Å². The van der Waals surface area contributed by atoms with Crippen molar-refractivity contribution in [3.05, 3.63) is 27.5 Å². The number of fused-ring (bicyclic) bond motifs is 1. The van der Waals surface area contributed by atoms with Gasteiger partial charge in [0.25, 0.3) is 5.91 Å². The van der Waals surface area contributed by atoms with Gasteiger partial charge in [0.05, 0.1) is 5.69 Å². The molecule has 0 saturated carbocycles. The molecule has 21 heavy (non-hydrogen) atoms. The van der Waals surface area contributed by atoms with Gasteiger partial charge in [0.1, 0.15) is 4.88 Å². The summed E-state index contributed by atoms with van der Waals surface area (Å²) in [6, 6.07) is 5.92. The molecule has 3 N–H and O–H groups in total. The minimum Gasteiger partial charge on any atom is -0.397 e. The van der Waals surface area contributed by atoms with E-state index in [1.54, 1.807) is 0 Å². The molecule has 3 rings (SSSR count). The molecule has 0 atom stereocenters. The number of amides is 1. The average Bonchev–Trinajstić information content (AvgIpc) is 2.82. The smallest absolute Gasteiger partial charge is 0.263 e. The highest BCUT2D eigenvalue weighted by Gasteiger charge is 2.19. The predicted molar refractivity (Wildman–Crippen MR) is 96.3 cm³/mol. The molecule has 0 aliphatic carbocycles. The molecule has 1 aromatic heterocycles. The number of nitrogens with two attached hydrogens (primary N) is 1. The lowest BCUT2D eigenvalue weighted by molar-refractivity contribution is 0.0951. The van der Waals surface area contributed by atoms with Crippen LogP contribution in [-0.2, 0) is 0 Å². The maximum absolute atomic E-state index is 12.4. The molecular formula is C15H17BrN2OS2. The third-order valence-corrected chi connectivity index (χ3v) is 6.50. The maximum Gasteiger partial charge on any atom is 0.263 e. The van der Waals surface area contributed by atoms with Crippen LogP contribution in [0, 0.1) is 5.92 Å². The van der Waals surface area contributed by atoms with Crippen LogP contribution in [0.4, 0.5) is 5.69 Å². The standard InChI is InChI=1S/C15H17BrN2OS2/c16-10-1-2-11-12(7-10)21-14(13(11)17)15(19)18-8-9-3-5-20-6-4-9/h1-2,7,9H,3-6,8,17H2,(H,18,19). The van der Waals surface area contributed by atoms with Crippen LogP contribution in [0.1, 0.15) is 22.5 Å². The van der Waals surface area contributed by atoms with Gasteiger partial charge in [0.2, 0.25) is 0 Å². The fourth-order valence-corrected chi connectivity index (χ4v) is 5.32. The molecule has 0 bridgehead atoms. The first-order valence-electron chi connectivity index (χ1n) is 6.98. The molecule has 2 aromatic rings. The van der Waals surface area contributed by atoms with Crippen LogP contribution in [0.15, 0.2) is 22.7 Å². The quantitative estimate of drug-likeness (QED) is 0.836. The number of nitrogen functional groups attached to an aromatic ring is 1. The molecule has 2 heterocycles. The summed E-state index contributed by atoms with van der Waals surface area (Å²) >= 11 is 6.91. The van der Waals surface area contributed by atoms with Gasteiger partial charge in [0.15, 0.2) is 0 Å². The van der Waals surface area contributed by atoms with E-state index in [0.29, 0.717) is 16.5 Å². The summed E-state index contributed by atoms with van der Waals surface area (Å²) in [7, 11) is 0. The molecule has 0 spiro atoms. The Hall–Kier alpha value is -0.720. The number of halogens is 1. The molecule has 1 aliphatic rings. The highest BCUT2D eigenvalue weighted by atomic mass is 79.9. The van der Waals surface area contributed by atoms with Gasteiger partial charge in [-0.15, -0.1) is 11.3 Å². The largest absolute Gasteiger partial charge is 0.397 e. The van der Waals surface area contributed by atoms with E-state index in [-0.39, 0.29) is 5.91 Å². The third-order valence-electron chi connectivity index (χ3n) is 3.79. The second-order valence-corrected chi connectivity index (χ2v) is 8.44. The zero-order valence-electron chi connectivity index (χ0n) is 11.5. The van der Waals surface area contributed by atoms with Gasteiger partial charge >= 0.3 is 0 Å². The number of thiophene rings is 1. The number of hydrogen-bond donors (Lipinski definition) is 2. The summed E-state index contributed by atoms with van der Waals surface area (Å²) in [4.78, 5) is 13.0. The van der Waals surface area contributed by atoms with Crippen LogP contribution >= 0.6 is 39.0 Å². The molecule has 1 aliphatic heterocycles. The molecule has 1 amide bonds. The van der Waals surface area contributed by atoms with E-state index in [2.05, 4.69) is 21.2 Å². The minimum atomic E-state index is -0.0388. The molecule has 3 nitrogen and oxygen atoms in total. The summed E-state index contributed by atoms with van der Waals surface area (Å²) in [6.07, 6.45) is 2.39. The number of benzene rings is 1. The van der Waals surface area contributed by atoms with Crippen molar-refractivity contribution in [2.45, 2.75) is 12.8 Å². The number of nitrogens with one attached hydrogen (secondary N) is 1. The molecule has 1 fully saturated rings. The van der Waals surface area contributed by atoms with Gasteiger partial charge in [-0.3, -0.25) is 4.79 Å². The van der Waals surface area contributed by atoms with Crippen molar-refractivity contribution in [1.82, 2.24) is 5.32 Å². The van der Waals surface area contributed by atoms with Crippen molar-refractivity contribution in [2.24, 2.45) is 5.92 Å². The molecule has 1 saturated heterocycles. The Morgan fingerprint density at radius 2 is 2.14 bits per heavy atom. The van der Waals surface area contributed by atoms with Gasteiger partial charge in [-0.25, -0.2) is 0 Å². The van der Waals surface area contributed by atoms with Gasteiger partial charge in [0, 0.05) is 21.1 Å². The molecule has 6 heteroatoms. The third kappa shape index (κ3) is 3.38. The lowest BCUT2D eigenvalue weighted by Crippen LogP contribution is -2.30. The Labute approximate surface area is 140 Å². The monoisotopic (exact) mass is 384 g/mol. The van der Waals surface area contributed by atoms with Gasteiger partial charge in [-0.1, -0.05) is 22.0 Å². The van der Waals surface area contributed by atoms with Crippen molar-refractivity contribution in [2.75, 3.05) is 23.8 Å². The van der Waals surface area contributed by atoms with Gasteiger partial charge in [-0.2, -0.15) is 11.8 Å². The Morgan fingerprint density at radius 3 is 2.90 bits per heavy atom. The van der Waals surface area contributed by atoms with Crippen LogP contribution in [0.3, 0.4) is 0 Å². The zero-order chi connectivity index (χ0) is 14.8. The van der Waals surface area contributed by atoms with Crippen LogP contribution in [0.5, 0.6) is 0 Å². The first-order chi connectivity index (χ1) is 10.1. The molecular weight excluding hydrogens is 368 g/mol. The molecule has 0 radical (unpaired) electrons. The number of carbonyl (C=O) groups excluding carboxylic acids is 1. The zero-order valence-corrected chi connectivity index (χ0v) is 14.7. The number of anilines is 1. The Morgan fingerprint density at radius 1 is 1.38 bits per heavy atom. The lowest BCUT2D eigenvalue weighted by Gasteiger charge is -2.21. The summed E-state index contributed by atoms with van der Waals surface area (Å²) in [5, 5.41) is 4.02. The van der Waals surface area contributed by atoms with Crippen LogP contribution in [-0.4, -0.2) is 24.0 Å². The summed E-state index contributed by atoms with van der Waals surface area (Å²) in [5.41, 5.74) is 6.73. The van der Waals surface area contributed by atoms with E-state index in [1.165, 1.54) is 35.7 Å². The van der Waals surface area contributed by atoms with E-state index >= 15 is 0 Å². The van der Waals surface area contributed by atoms with Crippen molar-refractivity contribution in [1.29, 1.82) is 0 Å². The number of hydrogen-bond acceptors (Lipinski definition) is 4. The van der Waals surface area contributed by atoms with Gasteiger partial charge < -0.3 is 11.1 Å². The Bertz CT molecular complexity index is 665. The van der Waals surface area contributed by atoms with Crippen molar-refractivity contribution in [3.63, 3.8) is 0 Å². The van der Waals surface area contributed by atoms with E-state index in [1.807, 2.05) is 30.0 Å². The first kappa shape index (κ1) is 15.2. The predicted octanol–water partition coefficient (Wildman–Crippen LogP) is 4.12. The second kappa shape index (κ2) is 6.58. The van der Waals surface area contributed by atoms with E-state index in [0.717, 1.165) is 21.1 Å². The topological polar surface area (TPSA) is 55.1 Å². The Balaban J connectivity index is 1.73. The first-order valence-corrected chi connectivity index (χ1v) is 9.75. The Kier molecular flexibility index (Phi) is 4.76. The highest BCUT2D eigenvalue weighted by molar-refractivity contribution is 9.10. The second-order valence-electron chi connectivity index (χ2n) is 5.25. The molecule has 1 aromatic carbocycles. The average molecular weight is 385 g/mol. The molecule has 112 valence electrons. The minimum absolute atomic E-state index is 0.0388. The van der Waals surface area contributed by atoms with Crippen molar-refractivity contribution in [3.8, 4) is 0 Å². The fourth-order valence-electron chi connectivity index (χ4n) is 2.53. The normalized spacial score (nSPS) is 16.2. The number of thioether (sulfide) groups is 1. The van der Waals surface area contributed by atoms with Crippen molar-refractivity contribution < 1.29 is 4.79 Å². The summed E-state index contributed by atoms with van der Waals surface area (Å²) < 4.78 is 2.05.